The van der Waals surface area contributed by atoms with Crippen molar-refractivity contribution in [2.45, 2.75) is 39.0 Å². The molecule has 0 atom stereocenters. The maximum Gasteiger partial charge on any atom is 0.303 e. The number of hydrogen-bond donors (Lipinski definition) is 1. The standard InChI is InChI=1S/C13H21NO2/c1-2-3-4-9-14-10-7-12(8-11-14)5-6-13(15)16/h12H,4-11H2,1H3,(H,15,16). The van der Waals surface area contributed by atoms with Crippen LogP contribution in [0.3, 0.4) is 0 Å². The Morgan fingerprint density at radius 3 is 2.69 bits per heavy atom. The van der Waals surface area contributed by atoms with Gasteiger partial charge in [0.05, 0.1) is 0 Å². The monoisotopic (exact) mass is 223 g/mol. The van der Waals surface area contributed by atoms with Gasteiger partial charge < -0.3 is 10.0 Å². The van der Waals surface area contributed by atoms with Crippen molar-refractivity contribution in [1.29, 1.82) is 0 Å². The molecule has 1 rings (SSSR count). The molecular weight excluding hydrogens is 202 g/mol. The lowest BCUT2D eigenvalue weighted by molar-refractivity contribution is -0.137. The zero-order chi connectivity index (χ0) is 11.8. The number of carboxylic acids is 1. The minimum absolute atomic E-state index is 0.325. The van der Waals surface area contributed by atoms with Gasteiger partial charge in [-0.1, -0.05) is 0 Å². The van der Waals surface area contributed by atoms with Crippen LogP contribution in [0.5, 0.6) is 0 Å². The van der Waals surface area contributed by atoms with E-state index in [1.807, 2.05) is 6.92 Å². The molecule has 0 aliphatic carbocycles. The fourth-order valence-corrected chi connectivity index (χ4v) is 2.17. The topological polar surface area (TPSA) is 40.5 Å². The van der Waals surface area contributed by atoms with Crippen molar-refractivity contribution in [3.8, 4) is 11.8 Å². The summed E-state index contributed by atoms with van der Waals surface area (Å²) in [4.78, 5) is 12.9. The first kappa shape index (κ1) is 13.1. The summed E-state index contributed by atoms with van der Waals surface area (Å²) in [6, 6.07) is 0. The van der Waals surface area contributed by atoms with Gasteiger partial charge in [-0.2, -0.15) is 0 Å². The molecule has 16 heavy (non-hydrogen) atoms. The normalized spacial score (nSPS) is 17.8. The number of nitrogens with zero attached hydrogens (tertiary/aromatic N) is 1. The van der Waals surface area contributed by atoms with E-state index in [9.17, 15) is 4.79 Å². The van der Waals surface area contributed by atoms with E-state index < -0.39 is 5.97 Å². The smallest absolute Gasteiger partial charge is 0.303 e. The molecule has 0 unspecified atom stereocenters. The van der Waals surface area contributed by atoms with Crippen LogP contribution in [0, 0.1) is 17.8 Å². The van der Waals surface area contributed by atoms with Gasteiger partial charge in [-0.15, -0.1) is 11.8 Å². The highest BCUT2D eigenvalue weighted by molar-refractivity contribution is 5.66. The molecule has 0 radical (unpaired) electrons. The van der Waals surface area contributed by atoms with E-state index in [0.717, 1.165) is 45.3 Å². The average Bonchev–Trinajstić information content (AvgIpc) is 2.28. The van der Waals surface area contributed by atoms with Crippen LogP contribution in [0.2, 0.25) is 0 Å². The van der Waals surface area contributed by atoms with Gasteiger partial charge in [0.2, 0.25) is 0 Å². The third-order valence-corrected chi connectivity index (χ3v) is 3.20. The van der Waals surface area contributed by atoms with Gasteiger partial charge in [0.25, 0.3) is 0 Å². The number of likely N-dealkylation sites (tertiary alicyclic amines) is 1. The van der Waals surface area contributed by atoms with Gasteiger partial charge in [0.1, 0.15) is 0 Å². The number of rotatable bonds is 5. The summed E-state index contributed by atoms with van der Waals surface area (Å²) in [5, 5.41) is 8.61. The summed E-state index contributed by atoms with van der Waals surface area (Å²) < 4.78 is 0. The first-order chi connectivity index (χ1) is 7.72. The fourth-order valence-electron chi connectivity index (χ4n) is 2.17. The molecule has 3 heteroatoms. The number of piperidine rings is 1. The van der Waals surface area contributed by atoms with Crippen LogP contribution < -0.4 is 0 Å². The summed E-state index contributed by atoms with van der Waals surface area (Å²) in [5.41, 5.74) is 0. The SMILES string of the molecule is CC#CCCN1CCC(CCC(=O)O)CC1. The Bertz CT molecular complexity index is 269. The van der Waals surface area contributed by atoms with E-state index in [4.69, 9.17) is 5.11 Å². The van der Waals surface area contributed by atoms with E-state index in [1.54, 1.807) is 0 Å². The van der Waals surface area contributed by atoms with E-state index in [0.29, 0.717) is 12.3 Å². The van der Waals surface area contributed by atoms with Crippen molar-refractivity contribution >= 4 is 5.97 Å². The quantitative estimate of drug-likeness (QED) is 0.724. The molecule has 0 aromatic carbocycles. The van der Waals surface area contributed by atoms with Gasteiger partial charge in [-0.3, -0.25) is 4.79 Å². The molecule has 1 N–H and O–H groups in total. The molecule has 0 aromatic rings. The van der Waals surface area contributed by atoms with E-state index in [-0.39, 0.29) is 0 Å². The first-order valence-electron chi connectivity index (χ1n) is 6.06. The lowest BCUT2D eigenvalue weighted by atomic mass is 9.92. The van der Waals surface area contributed by atoms with Gasteiger partial charge in [-0.25, -0.2) is 0 Å². The molecule has 90 valence electrons. The van der Waals surface area contributed by atoms with Crippen LogP contribution in [-0.4, -0.2) is 35.6 Å². The maximum absolute atomic E-state index is 10.5. The molecular formula is C13H21NO2. The summed E-state index contributed by atoms with van der Waals surface area (Å²) in [6.07, 6.45) is 4.42. The number of carboxylic acid groups (broad SMARTS) is 1. The van der Waals surface area contributed by atoms with Crippen LogP contribution in [-0.2, 0) is 4.79 Å². The molecule has 1 fully saturated rings. The van der Waals surface area contributed by atoms with E-state index in [2.05, 4.69) is 16.7 Å². The van der Waals surface area contributed by atoms with Gasteiger partial charge in [0.15, 0.2) is 0 Å². The Labute approximate surface area is 97.8 Å². The summed E-state index contributed by atoms with van der Waals surface area (Å²) >= 11 is 0. The largest absolute Gasteiger partial charge is 0.481 e. The predicted octanol–water partition coefficient (Wildman–Crippen LogP) is 1.98. The van der Waals surface area contributed by atoms with Crippen LogP contribution in [0.25, 0.3) is 0 Å². The molecule has 0 aromatic heterocycles. The van der Waals surface area contributed by atoms with Crippen molar-refractivity contribution in [2.75, 3.05) is 19.6 Å². The number of carbonyl (C=O) groups is 1. The summed E-state index contributed by atoms with van der Waals surface area (Å²) in [5.74, 6) is 5.93. The molecule has 0 saturated carbocycles. The molecule has 1 saturated heterocycles. The Morgan fingerprint density at radius 2 is 2.12 bits per heavy atom. The van der Waals surface area contributed by atoms with Gasteiger partial charge in [0, 0.05) is 19.4 Å². The minimum atomic E-state index is -0.666. The highest BCUT2D eigenvalue weighted by atomic mass is 16.4. The predicted molar refractivity (Wildman–Crippen MR) is 64.1 cm³/mol. The summed E-state index contributed by atoms with van der Waals surface area (Å²) in [7, 11) is 0. The molecule has 1 aliphatic rings. The molecule has 1 heterocycles. The Hall–Kier alpha value is -1.01. The zero-order valence-corrected chi connectivity index (χ0v) is 10.0. The van der Waals surface area contributed by atoms with Gasteiger partial charge in [-0.05, 0) is 45.2 Å². The highest BCUT2D eigenvalue weighted by Gasteiger charge is 2.18. The van der Waals surface area contributed by atoms with Crippen LogP contribution in [0.1, 0.15) is 39.0 Å². The fraction of sp³-hybridized carbons (Fsp3) is 0.769. The number of hydrogen-bond acceptors (Lipinski definition) is 2. The Balaban J connectivity index is 2.12. The molecule has 0 bridgehead atoms. The van der Waals surface area contributed by atoms with Crippen molar-refractivity contribution in [3.05, 3.63) is 0 Å². The average molecular weight is 223 g/mol. The highest BCUT2D eigenvalue weighted by Crippen LogP contribution is 2.21. The lowest BCUT2D eigenvalue weighted by Gasteiger charge is -2.31. The van der Waals surface area contributed by atoms with E-state index >= 15 is 0 Å². The Kier molecular flexibility index (Phi) is 5.95. The first-order valence-corrected chi connectivity index (χ1v) is 6.06. The van der Waals surface area contributed by atoms with Crippen molar-refractivity contribution < 1.29 is 9.90 Å². The van der Waals surface area contributed by atoms with Crippen molar-refractivity contribution in [1.82, 2.24) is 4.90 Å². The minimum Gasteiger partial charge on any atom is -0.481 e. The van der Waals surface area contributed by atoms with Crippen LogP contribution in [0.15, 0.2) is 0 Å². The zero-order valence-electron chi connectivity index (χ0n) is 10.0. The van der Waals surface area contributed by atoms with E-state index in [1.165, 1.54) is 0 Å². The van der Waals surface area contributed by atoms with Gasteiger partial charge >= 0.3 is 5.97 Å². The molecule has 0 amide bonds. The van der Waals surface area contributed by atoms with Crippen molar-refractivity contribution in [3.63, 3.8) is 0 Å². The van der Waals surface area contributed by atoms with Crippen molar-refractivity contribution in [2.24, 2.45) is 5.92 Å². The second kappa shape index (κ2) is 7.29. The Morgan fingerprint density at radius 1 is 1.44 bits per heavy atom. The molecule has 3 nitrogen and oxygen atoms in total. The maximum atomic E-state index is 10.5. The van der Waals surface area contributed by atoms with Crippen LogP contribution >= 0.6 is 0 Å². The van der Waals surface area contributed by atoms with Crippen LogP contribution in [0.4, 0.5) is 0 Å². The number of aliphatic carboxylic acids is 1. The third kappa shape index (κ3) is 5.18. The second-order valence-electron chi connectivity index (χ2n) is 4.39. The molecule has 0 spiro atoms. The summed E-state index contributed by atoms with van der Waals surface area (Å²) in [6.45, 7) is 5.15. The second-order valence-corrected chi connectivity index (χ2v) is 4.39. The third-order valence-electron chi connectivity index (χ3n) is 3.20. The molecule has 1 aliphatic heterocycles. The lowest BCUT2D eigenvalue weighted by Crippen LogP contribution is -2.34.